The zero-order valence-corrected chi connectivity index (χ0v) is 13.4. The number of rotatable bonds is 4. The minimum Gasteiger partial charge on any atom is -0.369 e. The number of fused-ring (bicyclic) bond motifs is 1. The first-order chi connectivity index (χ1) is 10.6. The van der Waals surface area contributed by atoms with Gasteiger partial charge in [-0.3, -0.25) is 0 Å². The van der Waals surface area contributed by atoms with Gasteiger partial charge in [0.1, 0.15) is 12.1 Å². The topological polar surface area (TPSA) is 37.8 Å². The van der Waals surface area contributed by atoms with E-state index in [1.165, 1.54) is 22.3 Å². The molecule has 0 fully saturated rings. The Bertz CT molecular complexity index is 780. The molecule has 22 heavy (non-hydrogen) atoms. The molecule has 3 aromatic rings. The smallest absolute Gasteiger partial charge is 0.137 e. The van der Waals surface area contributed by atoms with E-state index in [-0.39, 0.29) is 0 Å². The van der Waals surface area contributed by atoms with Crippen molar-refractivity contribution in [3.63, 3.8) is 0 Å². The Morgan fingerprint density at radius 1 is 0.955 bits per heavy atom. The van der Waals surface area contributed by atoms with Gasteiger partial charge in [-0.1, -0.05) is 29.8 Å². The second-order valence-corrected chi connectivity index (χ2v) is 5.79. The molecule has 0 unspecified atom stereocenters. The molecule has 3 rings (SSSR count). The van der Waals surface area contributed by atoms with Gasteiger partial charge in [-0.25, -0.2) is 9.97 Å². The number of para-hydroxylation sites is 1. The molecular weight excluding hydrogens is 270 g/mol. The van der Waals surface area contributed by atoms with Crippen LogP contribution in [-0.2, 0) is 6.42 Å². The van der Waals surface area contributed by atoms with Crippen LogP contribution in [0, 0.1) is 20.8 Å². The Morgan fingerprint density at radius 2 is 1.68 bits per heavy atom. The number of anilines is 1. The van der Waals surface area contributed by atoms with Gasteiger partial charge >= 0.3 is 0 Å². The monoisotopic (exact) mass is 291 g/mol. The Kier molecular flexibility index (Phi) is 4.05. The van der Waals surface area contributed by atoms with Crippen LogP contribution in [0.15, 0.2) is 42.7 Å². The van der Waals surface area contributed by atoms with E-state index in [1.54, 1.807) is 6.33 Å². The SMILES string of the molecule is Cc1cc(C)c(CCNc2ncnc3ccccc23)c(C)c1. The molecule has 2 aromatic carbocycles. The number of benzene rings is 2. The average molecular weight is 291 g/mol. The first-order valence-corrected chi connectivity index (χ1v) is 7.65. The van der Waals surface area contributed by atoms with Crippen molar-refractivity contribution in [1.29, 1.82) is 0 Å². The molecule has 1 aromatic heterocycles. The average Bonchev–Trinajstić information content (AvgIpc) is 2.50. The number of aromatic nitrogens is 2. The van der Waals surface area contributed by atoms with Gasteiger partial charge in [0.25, 0.3) is 0 Å². The van der Waals surface area contributed by atoms with Crippen molar-refractivity contribution < 1.29 is 0 Å². The molecule has 0 atom stereocenters. The van der Waals surface area contributed by atoms with E-state index < -0.39 is 0 Å². The highest BCUT2D eigenvalue weighted by atomic mass is 15.0. The van der Waals surface area contributed by atoms with Gasteiger partial charge in [0.15, 0.2) is 0 Å². The van der Waals surface area contributed by atoms with Crippen LogP contribution in [0.1, 0.15) is 22.3 Å². The van der Waals surface area contributed by atoms with Crippen LogP contribution >= 0.6 is 0 Å². The maximum Gasteiger partial charge on any atom is 0.137 e. The van der Waals surface area contributed by atoms with Crippen molar-refractivity contribution in [3.8, 4) is 0 Å². The quantitative estimate of drug-likeness (QED) is 0.782. The lowest BCUT2D eigenvalue weighted by molar-refractivity contribution is 0.978. The molecule has 0 radical (unpaired) electrons. The van der Waals surface area contributed by atoms with E-state index >= 15 is 0 Å². The number of hydrogen-bond donors (Lipinski definition) is 1. The second-order valence-electron chi connectivity index (χ2n) is 5.79. The van der Waals surface area contributed by atoms with Crippen LogP contribution in [-0.4, -0.2) is 16.5 Å². The van der Waals surface area contributed by atoms with Crippen molar-refractivity contribution in [3.05, 3.63) is 65.0 Å². The highest BCUT2D eigenvalue weighted by Gasteiger charge is 2.05. The van der Waals surface area contributed by atoms with Crippen molar-refractivity contribution in [1.82, 2.24) is 9.97 Å². The van der Waals surface area contributed by atoms with E-state index in [0.717, 1.165) is 29.7 Å². The molecule has 0 saturated heterocycles. The van der Waals surface area contributed by atoms with Crippen molar-refractivity contribution in [2.75, 3.05) is 11.9 Å². The summed E-state index contributed by atoms with van der Waals surface area (Å²) in [5.74, 6) is 0.910. The zero-order chi connectivity index (χ0) is 15.5. The van der Waals surface area contributed by atoms with Gasteiger partial charge in [-0.2, -0.15) is 0 Å². The predicted molar refractivity (Wildman–Crippen MR) is 92.4 cm³/mol. The number of aryl methyl sites for hydroxylation is 3. The molecule has 3 heteroatoms. The molecule has 0 aliphatic heterocycles. The molecule has 0 saturated carbocycles. The number of hydrogen-bond acceptors (Lipinski definition) is 3. The van der Waals surface area contributed by atoms with E-state index in [4.69, 9.17) is 0 Å². The van der Waals surface area contributed by atoms with Crippen molar-refractivity contribution in [2.45, 2.75) is 27.2 Å². The van der Waals surface area contributed by atoms with E-state index in [0.29, 0.717) is 0 Å². The second kappa shape index (κ2) is 6.14. The van der Waals surface area contributed by atoms with E-state index in [2.05, 4.69) is 54.3 Å². The maximum absolute atomic E-state index is 4.37. The normalized spacial score (nSPS) is 10.9. The van der Waals surface area contributed by atoms with Gasteiger partial charge in [0.2, 0.25) is 0 Å². The lowest BCUT2D eigenvalue weighted by Crippen LogP contribution is -2.09. The summed E-state index contributed by atoms with van der Waals surface area (Å²) in [4.78, 5) is 8.67. The summed E-state index contributed by atoms with van der Waals surface area (Å²) in [5, 5.41) is 4.53. The van der Waals surface area contributed by atoms with Gasteiger partial charge < -0.3 is 5.32 Å². The van der Waals surface area contributed by atoms with Crippen LogP contribution in [0.25, 0.3) is 10.9 Å². The summed E-state index contributed by atoms with van der Waals surface area (Å²) < 4.78 is 0. The summed E-state index contributed by atoms with van der Waals surface area (Å²) in [7, 11) is 0. The minimum absolute atomic E-state index is 0.867. The summed E-state index contributed by atoms with van der Waals surface area (Å²) in [6, 6.07) is 12.6. The molecule has 0 amide bonds. The Labute approximate surface area is 131 Å². The van der Waals surface area contributed by atoms with E-state index in [1.807, 2.05) is 18.2 Å². The van der Waals surface area contributed by atoms with Crippen molar-refractivity contribution >= 4 is 16.7 Å². The third kappa shape index (κ3) is 2.93. The van der Waals surface area contributed by atoms with Crippen LogP contribution in [0.3, 0.4) is 0 Å². The van der Waals surface area contributed by atoms with Gasteiger partial charge in [-0.05, 0) is 56.0 Å². The van der Waals surface area contributed by atoms with Gasteiger partial charge in [-0.15, -0.1) is 0 Å². The molecule has 112 valence electrons. The maximum atomic E-state index is 4.37. The fraction of sp³-hybridized carbons (Fsp3) is 0.263. The minimum atomic E-state index is 0.867. The summed E-state index contributed by atoms with van der Waals surface area (Å²) in [5.41, 5.74) is 6.46. The Balaban J connectivity index is 1.76. The molecule has 0 bridgehead atoms. The molecule has 1 N–H and O–H groups in total. The molecule has 1 heterocycles. The molecule has 0 aliphatic carbocycles. The summed E-state index contributed by atoms with van der Waals surface area (Å²) in [6.45, 7) is 7.39. The third-order valence-corrected chi connectivity index (χ3v) is 4.05. The fourth-order valence-corrected chi connectivity index (χ4v) is 3.06. The van der Waals surface area contributed by atoms with Crippen LogP contribution < -0.4 is 5.32 Å². The highest BCUT2D eigenvalue weighted by Crippen LogP contribution is 2.20. The lowest BCUT2D eigenvalue weighted by Gasteiger charge is -2.13. The van der Waals surface area contributed by atoms with Crippen LogP contribution in [0.4, 0.5) is 5.82 Å². The van der Waals surface area contributed by atoms with Gasteiger partial charge in [0.05, 0.1) is 5.52 Å². The Hall–Kier alpha value is -2.42. The van der Waals surface area contributed by atoms with Gasteiger partial charge in [0, 0.05) is 11.9 Å². The number of nitrogens with zero attached hydrogens (tertiary/aromatic N) is 2. The van der Waals surface area contributed by atoms with E-state index in [9.17, 15) is 0 Å². The predicted octanol–water partition coefficient (Wildman–Crippen LogP) is 4.21. The number of nitrogens with one attached hydrogen (secondary N) is 1. The standard InChI is InChI=1S/C19H21N3/c1-13-10-14(2)16(15(3)11-13)8-9-20-19-17-6-4-5-7-18(17)21-12-22-19/h4-7,10-12H,8-9H2,1-3H3,(H,20,21,22). The Morgan fingerprint density at radius 3 is 2.45 bits per heavy atom. The van der Waals surface area contributed by atoms with Crippen LogP contribution in [0.2, 0.25) is 0 Å². The fourth-order valence-electron chi connectivity index (χ4n) is 3.06. The molecular formula is C19H21N3. The van der Waals surface area contributed by atoms with Crippen molar-refractivity contribution in [2.24, 2.45) is 0 Å². The molecule has 3 nitrogen and oxygen atoms in total. The third-order valence-electron chi connectivity index (χ3n) is 4.05. The molecule has 0 spiro atoms. The first kappa shape index (κ1) is 14.5. The first-order valence-electron chi connectivity index (χ1n) is 7.65. The highest BCUT2D eigenvalue weighted by molar-refractivity contribution is 5.88. The summed E-state index contributed by atoms with van der Waals surface area (Å²) >= 11 is 0. The largest absolute Gasteiger partial charge is 0.369 e. The molecule has 0 aliphatic rings. The van der Waals surface area contributed by atoms with Crippen LogP contribution in [0.5, 0.6) is 0 Å². The summed E-state index contributed by atoms with van der Waals surface area (Å²) in [6.07, 6.45) is 2.61. The lowest BCUT2D eigenvalue weighted by atomic mass is 9.97. The zero-order valence-electron chi connectivity index (χ0n) is 13.4.